The summed E-state index contributed by atoms with van der Waals surface area (Å²) in [6, 6.07) is 10.6. The number of methoxy groups -OCH3 is 1. The van der Waals surface area contributed by atoms with Crippen LogP contribution in [-0.2, 0) is 20.7 Å². The molecule has 2 fully saturated rings. The highest BCUT2D eigenvalue weighted by Gasteiger charge is 2.43. The van der Waals surface area contributed by atoms with E-state index in [1.54, 1.807) is 22.3 Å². The van der Waals surface area contributed by atoms with E-state index in [4.69, 9.17) is 4.74 Å². The van der Waals surface area contributed by atoms with Gasteiger partial charge in [0.05, 0.1) is 7.11 Å². The Balaban J connectivity index is 1.29. The molecule has 1 unspecified atom stereocenters. The first-order chi connectivity index (χ1) is 16.5. The molecular weight excluding hydrogens is 450 g/mol. The van der Waals surface area contributed by atoms with Crippen LogP contribution in [0.1, 0.15) is 30.4 Å². The number of likely N-dealkylation sites (tertiary alicyclic amines) is 2. The van der Waals surface area contributed by atoms with Gasteiger partial charge in [-0.3, -0.25) is 4.79 Å². The van der Waals surface area contributed by atoms with E-state index in [-0.39, 0.29) is 17.4 Å². The van der Waals surface area contributed by atoms with Crippen molar-refractivity contribution in [2.75, 3.05) is 33.3 Å². The third kappa shape index (κ3) is 5.86. The maximum atomic E-state index is 13.0. The summed E-state index contributed by atoms with van der Waals surface area (Å²) in [5, 5.41) is 6.88. The van der Waals surface area contributed by atoms with Crippen LogP contribution < -0.4 is 5.32 Å². The molecule has 180 valence electrons. The molecule has 1 N–H and O–H groups in total. The zero-order valence-corrected chi connectivity index (χ0v) is 20.3. The standard InChI is InChI=1S/C26H31N3O4S/c1-33-24(31)22(17-20-5-3-2-4-6-20)27-25(32)29-15-12-26(19-29)10-13-28(14-11-26)23(30)8-7-21-9-16-34-18-21/h2-9,16,18,22H,10-15,17,19H2,1H3,(H,27,32). The maximum absolute atomic E-state index is 13.0. The first kappa shape index (κ1) is 24.0. The lowest BCUT2D eigenvalue weighted by Crippen LogP contribution is -2.50. The van der Waals surface area contributed by atoms with E-state index < -0.39 is 12.0 Å². The molecule has 7 nitrogen and oxygen atoms in total. The highest BCUT2D eigenvalue weighted by molar-refractivity contribution is 7.08. The molecule has 0 radical (unpaired) electrons. The van der Waals surface area contributed by atoms with Crippen LogP contribution >= 0.6 is 11.3 Å². The molecule has 1 spiro atoms. The van der Waals surface area contributed by atoms with Crippen LogP contribution in [0.2, 0.25) is 0 Å². The number of esters is 1. The van der Waals surface area contributed by atoms with Gasteiger partial charge in [-0.25, -0.2) is 9.59 Å². The van der Waals surface area contributed by atoms with Crippen LogP contribution in [0.25, 0.3) is 6.08 Å². The normalized spacial score (nSPS) is 18.3. The summed E-state index contributed by atoms with van der Waals surface area (Å²) in [7, 11) is 1.34. The van der Waals surface area contributed by atoms with E-state index in [0.29, 0.717) is 32.6 Å². The fourth-order valence-electron chi connectivity index (χ4n) is 4.79. The van der Waals surface area contributed by atoms with E-state index in [1.807, 2.05) is 58.1 Å². The predicted octanol–water partition coefficient (Wildman–Crippen LogP) is 3.57. The van der Waals surface area contributed by atoms with Crippen LogP contribution in [0.3, 0.4) is 0 Å². The van der Waals surface area contributed by atoms with Gasteiger partial charge in [-0.05, 0) is 58.7 Å². The highest BCUT2D eigenvalue weighted by atomic mass is 32.1. The van der Waals surface area contributed by atoms with Crippen LogP contribution in [0, 0.1) is 5.41 Å². The second kappa shape index (κ2) is 10.9. The van der Waals surface area contributed by atoms with Crippen molar-refractivity contribution < 1.29 is 19.1 Å². The average Bonchev–Trinajstić information content (AvgIpc) is 3.53. The van der Waals surface area contributed by atoms with Gasteiger partial charge in [-0.15, -0.1) is 0 Å². The summed E-state index contributed by atoms with van der Waals surface area (Å²) in [6.45, 7) is 2.68. The summed E-state index contributed by atoms with van der Waals surface area (Å²) >= 11 is 1.61. The number of nitrogens with zero attached hydrogens (tertiary/aromatic N) is 2. The van der Waals surface area contributed by atoms with Crippen molar-refractivity contribution >= 4 is 35.3 Å². The molecule has 2 aliphatic rings. The fraction of sp³-hybridized carbons (Fsp3) is 0.423. The topological polar surface area (TPSA) is 79.0 Å². The lowest BCUT2D eigenvalue weighted by molar-refractivity contribution is -0.142. The largest absolute Gasteiger partial charge is 0.467 e. The number of hydrogen-bond acceptors (Lipinski definition) is 5. The average molecular weight is 482 g/mol. The third-order valence-electron chi connectivity index (χ3n) is 6.89. The number of rotatable bonds is 6. The molecule has 2 aliphatic heterocycles. The second-order valence-electron chi connectivity index (χ2n) is 9.10. The van der Waals surface area contributed by atoms with E-state index in [9.17, 15) is 14.4 Å². The predicted molar refractivity (Wildman–Crippen MR) is 132 cm³/mol. The Hall–Kier alpha value is -3.13. The summed E-state index contributed by atoms with van der Waals surface area (Å²) in [5.74, 6) is -0.413. The molecule has 0 saturated carbocycles. The molecule has 4 rings (SSSR count). The van der Waals surface area contributed by atoms with Gasteiger partial charge in [0.1, 0.15) is 6.04 Å². The van der Waals surface area contributed by atoms with Crippen LogP contribution in [-0.4, -0.2) is 67.0 Å². The van der Waals surface area contributed by atoms with E-state index in [0.717, 1.165) is 30.4 Å². The summed E-state index contributed by atoms with van der Waals surface area (Å²) in [5.41, 5.74) is 2.04. The minimum atomic E-state index is -0.731. The smallest absolute Gasteiger partial charge is 0.328 e. The van der Waals surface area contributed by atoms with E-state index in [2.05, 4.69) is 5.32 Å². The van der Waals surface area contributed by atoms with Crippen molar-refractivity contribution in [3.63, 3.8) is 0 Å². The summed E-state index contributed by atoms with van der Waals surface area (Å²) in [4.78, 5) is 41.5. The van der Waals surface area contributed by atoms with Gasteiger partial charge < -0.3 is 19.9 Å². The number of amides is 3. The zero-order chi connectivity index (χ0) is 24.0. The number of thiophene rings is 1. The molecule has 1 aromatic carbocycles. The van der Waals surface area contributed by atoms with Gasteiger partial charge in [0.15, 0.2) is 0 Å². The number of piperidine rings is 1. The Kier molecular flexibility index (Phi) is 7.67. The molecule has 1 aromatic heterocycles. The van der Waals surface area contributed by atoms with Gasteiger partial charge in [-0.1, -0.05) is 30.3 Å². The SMILES string of the molecule is COC(=O)C(Cc1ccccc1)NC(=O)N1CCC2(CCN(C(=O)C=Cc3ccsc3)CC2)C1. The molecular formula is C26H31N3O4S. The van der Waals surface area contributed by atoms with Crippen molar-refractivity contribution in [2.45, 2.75) is 31.7 Å². The zero-order valence-electron chi connectivity index (χ0n) is 19.4. The number of benzene rings is 1. The van der Waals surface area contributed by atoms with Gasteiger partial charge in [0, 0.05) is 38.7 Å². The summed E-state index contributed by atoms with van der Waals surface area (Å²) in [6.07, 6.45) is 6.55. The Morgan fingerprint density at radius 1 is 1.09 bits per heavy atom. The first-order valence-corrected chi connectivity index (χ1v) is 12.6. The second-order valence-corrected chi connectivity index (χ2v) is 9.88. The number of hydrogen-bond donors (Lipinski definition) is 1. The highest BCUT2D eigenvalue weighted by Crippen LogP contribution is 2.40. The van der Waals surface area contributed by atoms with Gasteiger partial charge in [-0.2, -0.15) is 11.3 Å². The Bertz CT molecular complexity index is 1010. The molecule has 8 heteroatoms. The van der Waals surface area contributed by atoms with E-state index in [1.165, 1.54) is 7.11 Å². The van der Waals surface area contributed by atoms with Gasteiger partial charge in [0.2, 0.25) is 5.91 Å². The fourth-order valence-corrected chi connectivity index (χ4v) is 5.41. The molecule has 1 atom stereocenters. The maximum Gasteiger partial charge on any atom is 0.328 e. The monoisotopic (exact) mass is 481 g/mol. The van der Waals surface area contributed by atoms with Gasteiger partial charge in [0.25, 0.3) is 0 Å². The van der Waals surface area contributed by atoms with Crippen molar-refractivity contribution in [1.29, 1.82) is 0 Å². The van der Waals surface area contributed by atoms with Crippen molar-refractivity contribution in [1.82, 2.24) is 15.1 Å². The Morgan fingerprint density at radius 3 is 2.44 bits per heavy atom. The quantitative estimate of drug-likeness (QED) is 0.505. The minimum Gasteiger partial charge on any atom is -0.467 e. The summed E-state index contributed by atoms with van der Waals surface area (Å²) < 4.78 is 4.92. The van der Waals surface area contributed by atoms with Gasteiger partial charge >= 0.3 is 12.0 Å². The molecule has 0 bridgehead atoms. The molecule has 3 amide bonds. The van der Waals surface area contributed by atoms with Crippen LogP contribution in [0.15, 0.2) is 53.2 Å². The Morgan fingerprint density at radius 2 is 1.79 bits per heavy atom. The van der Waals surface area contributed by atoms with Crippen molar-refractivity contribution in [3.8, 4) is 0 Å². The number of ether oxygens (including phenoxy) is 1. The number of urea groups is 1. The van der Waals surface area contributed by atoms with Crippen LogP contribution in [0.5, 0.6) is 0 Å². The van der Waals surface area contributed by atoms with Crippen molar-refractivity contribution in [2.24, 2.45) is 5.41 Å². The number of nitrogens with one attached hydrogen (secondary N) is 1. The third-order valence-corrected chi connectivity index (χ3v) is 7.59. The number of carbonyl (C=O) groups is 3. The number of carbonyl (C=O) groups excluding carboxylic acids is 3. The van der Waals surface area contributed by atoms with Crippen molar-refractivity contribution in [3.05, 3.63) is 64.4 Å². The molecule has 3 heterocycles. The minimum absolute atomic E-state index is 0.0331. The molecule has 2 saturated heterocycles. The molecule has 2 aromatic rings. The Labute approximate surface area is 204 Å². The van der Waals surface area contributed by atoms with E-state index >= 15 is 0 Å². The van der Waals surface area contributed by atoms with Crippen LogP contribution in [0.4, 0.5) is 4.79 Å². The first-order valence-electron chi connectivity index (χ1n) is 11.6. The lowest BCUT2D eigenvalue weighted by atomic mass is 9.78. The lowest BCUT2D eigenvalue weighted by Gasteiger charge is -2.39. The molecule has 34 heavy (non-hydrogen) atoms. The molecule has 0 aliphatic carbocycles.